The van der Waals surface area contributed by atoms with Gasteiger partial charge in [-0.2, -0.15) is 10.1 Å². The van der Waals surface area contributed by atoms with Crippen LogP contribution in [-0.4, -0.2) is 11.6 Å². The minimum atomic E-state index is -0.0889. The largest absolute Gasteiger partial charge is 0.280 e. The maximum absolute atomic E-state index is 12.5. The second-order valence-corrected chi connectivity index (χ2v) is 6.25. The van der Waals surface area contributed by atoms with Gasteiger partial charge in [-0.05, 0) is 42.6 Å². The molecule has 1 amide bonds. The molecule has 3 nitrogen and oxygen atoms in total. The van der Waals surface area contributed by atoms with Crippen molar-refractivity contribution in [2.75, 3.05) is 5.01 Å². The Balaban J connectivity index is 1.97. The number of hydrogen-bond donors (Lipinski definition) is 0. The van der Waals surface area contributed by atoms with Gasteiger partial charge in [0, 0.05) is 9.35 Å². The highest BCUT2D eigenvalue weighted by Crippen LogP contribution is 2.27. The minimum absolute atomic E-state index is 0.0889. The zero-order valence-electron chi connectivity index (χ0n) is 10.7. The number of hydrazone groups is 1. The molecule has 0 bridgehead atoms. The molecule has 20 heavy (non-hydrogen) atoms. The van der Waals surface area contributed by atoms with Crippen molar-refractivity contribution in [1.82, 2.24) is 0 Å². The lowest BCUT2D eigenvalue weighted by molar-refractivity contribution is -0.114. The Morgan fingerprint density at radius 3 is 2.85 bits per heavy atom. The van der Waals surface area contributed by atoms with Crippen molar-refractivity contribution in [3.63, 3.8) is 0 Å². The molecule has 0 aliphatic carbocycles. The van der Waals surface area contributed by atoms with Crippen LogP contribution in [0, 0.1) is 0 Å². The van der Waals surface area contributed by atoms with E-state index in [4.69, 9.17) is 0 Å². The first-order valence-electron chi connectivity index (χ1n) is 6.06. The topological polar surface area (TPSA) is 32.7 Å². The van der Waals surface area contributed by atoms with Crippen LogP contribution in [0.15, 0.2) is 56.9 Å². The maximum Gasteiger partial charge on any atom is 0.280 e. The van der Waals surface area contributed by atoms with Crippen molar-refractivity contribution in [2.45, 2.75) is 6.92 Å². The van der Waals surface area contributed by atoms with Gasteiger partial charge in [-0.1, -0.05) is 28.1 Å². The van der Waals surface area contributed by atoms with Gasteiger partial charge in [0.25, 0.3) is 5.91 Å². The van der Waals surface area contributed by atoms with E-state index in [1.54, 1.807) is 11.3 Å². The Labute approximate surface area is 129 Å². The van der Waals surface area contributed by atoms with E-state index < -0.39 is 0 Å². The Hall–Kier alpha value is -1.72. The van der Waals surface area contributed by atoms with Crippen molar-refractivity contribution in [3.8, 4) is 0 Å². The molecule has 0 saturated heterocycles. The Kier molecular flexibility index (Phi) is 3.54. The zero-order valence-corrected chi connectivity index (χ0v) is 13.1. The third kappa shape index (κ3) is 2.46. The van der Waals surface area contributed by atoms with Crippen LogP contribution >= 0.6 is 27.3 Å². The fraction of sp³-hybridized carbons (Fsp3) is 0.0667. The van der Waals surface area contributed by atoms with Crippen LogP contribution in [-0.2, 0) is 4.79 Å². The lowest BCUT2D eigenvalue weighted by Crippen LogP contribution is -2.21. The summed E-state index contributed by atoms with van der Waals surface area (Å²) in [5.74, 6) is -0.0889. The minimum Gasteiger partial charge on any atom is -0.267 e. The lowest BCUT2D eigenvalue weighted by Gasteiger charge is -2.11. The summed E-state index contributed by atoms with van der Waals surface area (Å²) >= 11 is 5.01. The van der Waals surface area contributed by atoms with Gasteiger partial charge < -0.3 is 0 Å². The summed E-state index contributed by atoms with van der Waals surface area (Å²) in [4.78, 5) is 13.5. The second-order valence-electron chi connectivity index (χ2n) is 4.36. The fourth-order valence-electron chi connectivity index (χ4n) is 1.98. The van der Waals surface area contributed by atoms with Gasteiger partial charge in [-0.25, -0.2) is 0 Å². The Bertz CT molecular complexity index is 719. The predicted molar refractivity (Wildman–Crippen MR) is 87.0 cm³/mol. The van der Waals surface area contributed by atoms with Gasteiger partial charge >= 0.3 is 0 Å². The third-order valence-corrected chi connectivity index (χ3v) is 4.26. The van der Waals surface area contributed by atoms with E-state index in [1.165, 1.54) is 5.01 Å². The highest BCUT2D eigenvalue weighted by Gasteiger charge is 2.28. The summed E-state index contributed by atoms with van der Waals surface area (Å²) in [6, 6.07) is 11.5. The van der Waals surface area contributed by atoms with Crippen LogP contribution in [0.3, 0.4) is 0 Å². The van der Waals surface area contributed by atoms with Crippen LogP contribution in [0.2, 0.25) is 0 Å². The van der Waals surface area contributed by atoms with Crippen LogP contribution < -0.4 is 5.01 Å². The maximum atomic E-state index is 12.5. The summed E-state index contributed by atoms with van der Waals surface area (Å²) in [5, 5.41) is 7.79. The van der Waals surface area contributed by atoms with Crippen molar-refractivity contribution >= 4 is 50.6 Å². The van der Waals surface area contributed by atoms with Crippen LogP contribution in [0.4, 0.5) is 5.69 Å². The van der Waals surface area contributed by atoms with Crippen molar-refractivity contribution in [3.05, 3.63) is 56.7 Å². The number of rotatable bonds is 2. The molecule has 0 saturated carbocycles. The number of benzene rings is 1. The summed E-state index contributed by atoms with van der Waals surface area (Å²) in [6.45, 7) is 1.86. The quantitative estimate of drug-likeness (QED) is 0.745. The normalized spacial score (nSPS) is 16.9. The molecule has 1 aliphatic heterocycles. The van der Waals surface area contributed by atoms with Gasteiger partial charge in [0.05, 0.1) is 17.0 Å². The number of hydrogen-bond acceptors (Lipinski definition) is 3. The van der Waals surface area contributed by atoms with E-state index in [2.05, 4.69) is 21.0 Å². The molecule has 100 valence electrons. The van der Waals surface area contributed by atoms with E-state index in [1.807, 2.05) is 54.8 Å². The molecule has 1 aromatic carbocycles. The molecule has 0 radical (unpaired) electrons. The monoisotopic (exact) mass is 346 g/mol. The molecule has 1 aliphatic rings. The summed E-state index contributed by atoms with van der Waals surface area (Å²) < 4.78 is 0.923. The zero-order chi connectivity index (χ0) is 14.1. The van der Waals surface area contributed by atoms with Crippen LogP contribution in [0.5, 0.6) is 0 Å². The van der Waals surface area contributed by atoms with Gasteiger partial charge in [0.1, 0.15) is 0 Å². The molecular weight excluding hydrogens is 336 g/mol. The molecule has 1 aromatic heterocycles. The fourth-order valence-corrected chi connectivity index (χ4v) is 3.03. The van der Waals surface area contributed by atoms with E-state index in [0.717, 1.165) is 20.7 Å². The first-order chi connectivity index (χ1) is 9.65. The van der Waals surface area contributed by atoms with E-state index in [0.29, 0.717) is 5.57 Å². The molecule has 3 rings (SSSR count). The Morgan fingerprint density at radius 1 is 1.30 bits per heavy atom. The van der Waals surface area contributed by atoms with Crippen LogP contribution in [0.25, 0.3) is 6.08 Å². The summed E-state index contributed by atoms with van der Waals surface area (Å²) in [7, 11) is 0. The molecule has 5 heteroatoms. The van der Waals surface area contributed by atoms with Gasteiger partial charge in [-0.3, -0.25) is 4.79 Å². The highest BCUT2D eigenvalue weighted by molar-refractivity contribution is 9.10. The second kappa shape index (κ2) is 5.34. The number of nitrogens with zero attached hydrogens (tertiary/aromatic N) is 2. The standard InChI is InChI=1S/C15H11BrN2OS/c1-10-14(9-13-6-3-7-20-13)15(19)18(17-10)12-5-2-4-11(16)8-12/h2-9H,1H3/b14-9+. The SMILES string of the molecule is CC1=NN(c2cccc(Br)c2)C(=O)/C1=C/c1cccs1. The number of amides is 1. The summed E-state index contributed by atoms with van der Waals surface area (Å²) in [6.07, 6.45) is 1.89. The average Bonchev–Trinajstić information content (AvgIpc) is 3.02. The molecule has 0 spiro atoms. The van der Waals surface area contributed by atoms with Gasteiger partial charge in [0.15, 0.2) is 0 Å². The summed E-state index contributed by atoms with van der Waals surface area (Å²) in [5.41, 5.74) is 2.15. The molecule has 0 atom stereocenters. The average molecular weight is 347 g/mol. The van der Waals surface area contributed by atoms with Crippen molar-refractivity contribution < 1.29 is 4.79 Å². The molecule has 0 unspecified atom stereocenters. The van der Waals surface area contributed by atoms with E-state index >= 15 is 0 Å². The molecular formula is C15H11BrN2OS. The van der Waals surface area contributed by atoms with Crippen LogP contribution in [0.1, 0.15) is 11.8 Å². The van der Waals surface area contributed by atoms with Crippen molar-refractivity contribution in [2.24, 2.45) is 5.10 Å². The number of anilines is 1. The smallest absolute Gasteiger partial charge is 0.267 e. The predicted octanol–water partition coefficient (Wildman–Crippen LogP) is 4.32. The number of thiophene rings is 1. The van der Waals surface area contributed by atoms with Gasteiger partial charge in [-0.15, -0.1) is 11.3 Å². The highest BCUT2D eigenvalue weighted by atomic mass is 79.9. The molecule has 0 fully saturated rings. The molecule has 2 aromatic rings. The Morgan fingerprint density at radius 2 is 2.15 bits per heavy atom. The third-order valence-electron chi connectivity index (χ3n) is 2.95. The molecule has 2 heterocycles. The van der Waals surface area contributed by atoms with E-state index in [-0.39, 0.29) is 5.91 Å². The number of carbonyl (C=O) groups is 1. The van der Waals surface area contributed by atoms with Gasteiger partial charge in [0.2, 0.25) is 0 Å². The van der Waals surface area contributed by atoms with E-state index in [9.17, 15) is 4.79 Å². The van der Waals surface area contributed by atoms with Crippen molar-refractivity contribution in [1.29, 1.82) is 0 Å². The first-order valence-corrected chi connectivity index (χ1v) is 7.73. The number of halogens is 1. The molecule has 0 N–H and O–H groups in total. The lowest BCUT2D eigenvalue weighted by atomic mass is 10.1. The first kappa shape index (κ1) is 13.3. The number of carbonyl (C=O) groups excluding carboxylic acids is 1.